The van der Waals surface area contributed by atoms with Crippen LogP contribution in [0.4, 0.5) is 0 Å². The fraction of sp³-hybridized carbons (Fsp3) is 0.545. The Bertz CT molecular complexity index is 845. The number of aromatic nitrogens is 1. The SMILES string of the molecule is CCc1ccc(-c2nc(C[S@@](=O)CC(=O)NCCCN3CCOCC3)c(C)o2)cc1. The lowest BCUT2D eigenvalue weighted by Gasteiger charge is -2.26. The predicted octanol–water partition coefficient (Wildman–Crippen LogP) is 2.30. The minimum atomic E-state index is -1.33. The lowest BCUT2D eigenvalue weighted by molar-refractivity contribution is -0.118. The maximum absolute atomic E-state index is 12.4. The molecule has 0 unspecified atom stereocenters. The van der Waals surface area contributed by atoms with Crippen LogP contribution in [0.1, 0.15) is 30.4 Å². The van der Waals surface area contributed by atoms with Gasteiger partial charge in [0.15, 0.2) is 0 Å². The summed E-state index contributed by atoms with van der Waals surface area (Å²) in [6.07, 6.45) is 1.85. The zero-order chi connectivity index (χ0) is 21.3. The van der Waals surface area contributed by atoms with Crippen LogP contribution in [0.2, 0.25) is 0 Å². The van der Waals surface area contributed by atoms with E-state index >= 15 is 0 Å². The molecule has 1 N–H and O–H groups in total. The first-order valence-corrected chi connectivity index (χ1v) is 12.0. The Labute approximate surface area is 180 Å². The monoisotopic (exact) mass is 433 g/mol. The molecular formula is C22H31N3O4S. The standard InChI is InChI=1S/C22H31N3O4S/c1-3-18-5-7-19(8-6-18)22-24-20(17(2)29-22)15-30(27)16-21(26)23-9-4-10-25-11-13-28-14-12-25/h5-8H,3-4,9-16H2,1-2H3,(H,23,26)/t30-/m1/s1. The molecule has 1 atom stereocenters. The summed E-state index contributed by atoms with van der Waals surface area (Å²) in [5, 5.41) is 2.86. The van der Waals surface area contributed by atoms with E-state index in [9.17, 15) is 9.00 Å². The highest BCUT2D eigenvalue weighted by molar-refractivity contribution is 7.84. The van der Waals surface area contributed by atoms with Crippen molar-refractivity contribution in [3.8, 4) is 11.5 Å². The van der Waals surface area contributed by atoms with E-state index < -0.39 is 10.8 Å². The van der Waals surface area contributed by atoms with Gasteiger partial charge in [-0.2, -0.15) is 0 Å². The van der Waals surface area contributed by atoms with Crippen molar-refractivity contribution in [1.82, 2.24) is 15.2 Å². The summed E-state index contributed by atoms with van der Waals surface area (Å²) < 4.78 is 23.5. The number of hydrogen-bond acceptors (Lipinski definition) is 6. The van der Waals surface area contributed by atoms with Crippen LogP contribution in [-0.2, 0) is 32.5 Å². The third-order valence-electron chi connectivity index (χ3n) is 5.17. The number of morpholine rings is 1. The van der Waals surface area contributed by atoms with Gasteiger partial charge in [-0.05, 0) is 44.0 Å². The van der Waals surface area contributed by atoms with Crippen molar-refractivity contribution in [3.05, 3.63) is 41.3 Å². The van der Waals surface area contributed by atoms with Gasteiger partial charge in [0.1, 0.15) is 11.5 Å². The fourth-order valence-corrected chi connectivity index (χ4v) is 4.39. The molecule has 2 heterocycles. The Morgan fingerprint density at radius 1 is 1.23 bits per heavy atom. The van der Waals surface area contributed by atoms with Crippen LogP contribution in [0.5, 0.6) is 0 Å². The van der Waals surface area contributed by atoms with E-state index in [0.717, 1.165) is 51.3 Å². The molecule has 1 fully saturated rings. The highest BCUT2D eigenvalue weighted by Gasteiger charge is 2.16. The molecule has 2 aromatic rings. The summed E-state index contributed by atoms with van der Waals surface area (Å²) in [5.41, 5.74) is 2.78. The summed E-state index contributed by atoms with van der Waals surface area (Å²) in [5.74, 6) is 1.17. The molecular weight excluding hydrogens is 402 g/mol. The topological polar surface area (TPSA) is 84.7 Å². The summed E-state index contributed by atoms with van der Waals surface area (Å²) >= 11 is 0. The van der Waals surface area contributed by atoms with Crippen molar-refractivity contribution < 1.29 is 18.2 Å². The minimum Gasteiger partial charge on any atom is -0.441 e. The average molecular weight is 434 g/mol. The Balaban J connectivity index is 1.42. The van der Waals surface area contributed by atoms with E-state index in [1.54, 1.807) is 0 Å². The summed E-state index contributed by atoms with van der Waals surface area (Å²) in [4.78, 5) is 18.9. The van der Waals surface area contributed by atoms with Gasteiger partial charge in [-0.15, -0.1) is 0 Å². The number of nitrogens with one attached hydrogen (secondary N) is 1. The third-order valence-corrected chi connectivity index (χ3v) is 6.35. The lowest BCUT2D eigenvalue weighted by Crippen LogP contribution is -2.38. The first kappa shape index (κ1) is 22.7. The molecule has 0 saturated carbocycles. The van der Waals surface area contributed by atoms with Gasteiger partial charge in [0.2, 0.25) is 11.8 Å². The molecule has 7 nitrogen and oxygen atoms in total. The van der Waals surface area contributed by atoms with E-state index in [1.807, 2.05) is 19.1 Å². The second-order valence-corrected chi connectivity index (χ2v) is 8.92. The van der Waals surface area contributed by atoms with Gasteiger partial charge in [-0.3, -0.25) is 13.9 Å². The molecule has 0 radical (unpaired) electrons. The number of carbonyl (C=O) groups excluding carboxylic acids is 1. The van der Waals surface area contributed by atoms with E-state index in [1.165, 1.54) is 5.56 Å². The highest BCUT2D eigenvalue weighted by atomic mass is 32.2. The smallest absolute Gasteiger partial charge is 0.232 e. The molecule has 1 aliphatic heterocycles. The van der Waals surface area contributed by atoms with Crippen LogP contribution in [0.15, 0.2) is 28.7 Å². The summed E-state index contributed by atoms with van der Waals surface area (Å²) in [6, 6.07) is 8.07. The number of oxazole rings is 1. The zero-order valence-corrected chi connectivity index (χ0v) is 18.6. The van der Waals surface area contributed by atoms with Gasteiger partial charge in [0.05, 0.1) is 24.7 Å². The van der Waals surface area contributed by atoms with Gasteiger partial charge in [-0.1, -0.05) is 19.1 Å². The number of hydrogen-bond donors (Lipinski definition) is 1. The largest absolute Gasteiger partial charge is 0.441 e. The number of aryl methyl sites for hydroxylation is 2. The van der Waals surface area contributed by atoms with Crippen LogP contribution in [0, 0.1) is 6.92 Å². The Hall–Kier alpha value is -2.03. The average Bonchev–Trinajstić information content (AvgIpc) is 3.12. The third kappa shape index (κ3) is 6.75. The van der Waals surface area contributed by atoms with Gasteiger partial charge in [-0.25, -0.2) is 4.98 Å². The summed E-state index contributed by atoms with van der Waals surface area (Å²) in [6.45, 7) is 8.89. The van der Waals surface area contributed by atoms with Crippen molar-refractivity contribution in [2.75, 3.05) is 45.1 Å². The number of rotatable bonds is 10. The molecule has 30 heavy (non-hydrogen) atoms. The maximum Gasteiger partial charge on any atom is 0.232 e. The number of carbonyl (C=O) groups is 1. The van der Waals surface area contributed by atoms with Gasteiger partial charge in [0.25, 0.3) is 0 Å². The molecule has 0 spiro atoms. The van der Waals surface area contributed by atoms with Crippen molar-refractivity contribution in [3.63, 3.8) is 0 Å². The first-order valence-electron chi connectivity index (χ1n) is 10.5. The second-order valence-electron chi connectivity index (χ2n) is 7.46. The van der Waals surface area contributed by atoms with Gasteiger partial charge in [0, 0.05) is 36.0 Å². The van der Waals surface area contributed by atoms with Crippen LogP contribution in [0.25, 0.3) is 11.5 Å². The predicted molar refractivity (Wildman–Crippen MR) is 118 cm³/mol. The number of nitrogens with zero attached hydrogens (tertiary/aromatic N) is 2. The van der Waals surface area contributed by atoms with Crippen LogP contribution >= 0.6 is 0 Å². The molecule has 1 aliphatic rings. The zero-order valence-electron chi connectivity index (χ0n) is 17.8. The van der Waals surface area contributed by atoms with Crippen molar-refractivity contribution in [2.45, 2.75) is 32.4 Å². The van der Waals surface area contributed by atoms with Crippen molar-refractivity contribution >= 4 is 16.7 Å². The Morgan fingerprint density at radius 3 is 2.67 bits per heavy atom. The molecule has 0 aliphatic carbocycles. The summed E-state index contributed by atoms with van der Waals surface area (Å²) in [7, 11) is -1.33. The van der Waals surface area contributed by atoms with E-state index in [-0.39, 0.29) is 17.4 Å². The van der Waals surface area contributed by atoms with E-state index in [0.29, 0.717) is 23.9 Å². The van der Waals surface area contributed by atoms with Crippen LogP contribution in [0.3, 0.4) is 0 Å². The highest BCUT2D eigenvalue weighted by Crippen LogP contribution is 2.23. The van der Waals surface area contributed by atoms with Crippen molar-refractivity contribution in [2.24, 2.45) is 0 Å². The quantitative estimate of drug-likeness (QED) is 0.579. The van der Waals surface area contributed by atoms with E-state index in [2.05, 4.69) is 34.3 Å². The van der Waals surface area contributed by atoms with E-state index in [4.69, 9.17) is 9.15 Å². The molecule has 3 rings (SSSR count). The number of amides is 1. The number of benzene rings is 1. The second kappa shape index (κ2) is 11.4. The fourth-order valence-electron chi connectivity index (χ4n) is 3.32. The van der Waals surface area contributed by atoms with Crippen LogP contribution in [-0.4, -0.2) is 65.1 Å². The molecule has 1 saturated heterocycles. The molecule has 1 amide bonds. The maximum atomic E-state index is 12.4. The van der Waals surface area contributed by atoms with Crippen LogP contribution < -0.4 is 5.32 Å². The lowest BCUT2D eigenvalue weighted by atomic mass is 10.1. The Kier molecular flexibility index (Phi) is 8.60. The van der Waals surface area contributed by atoms with Crippen molar-refractivity contribution in [1.29, 1.82) is 0 Å². The van der Waals surface area contributed by atoms with Gasteiger partial charge < -0.3 is 14.5 Å². The normalized spacial score (nSPS) is 15.8. The molecule has 1 aromatic carbocycles. The molecule has 0 bridgehead atoms. The Morgan fingerprint density at radius 2 is 1.97 bits per heavy atom. The molecule has 164 valence electrons. The van der Waals surface area contributed by atoms with Gasteiger partial charge >= 0.3 is 0 Å². The number of ether oxygens (including phenoxy) is 1. The molecule has 8 heteroatoms. The minimum absolute atomic E-state index is 0.0234. The molecule has 1 aromatic heterocycles. The first-order chi connectivity index (χ1) is 14.5.